The molecule has 2 aromatic rings. The van der Waals surface area contributed by atoms with Gasteiger partial charge in [0, 0.05) is 18.0 Å². The molecule has 2 heterocycles. The Hall–Kier alpha value is -2.76. The number of nitrogens with one attached hydrogen (secondary N) is 1. The lowest BCUT2D eigenvalue weighted by atomic mass is 10.1. The number of fused-ring (bicyclic) bond motifs is 1. The van der Waals surface area contributed by atoms with Gasteiger partial charge in [-0.25, -0.2) is 4.79 Å². The van der Waals surface area contributed by atoms with Gasteiger partial charge in [0.1, 0.15) is 11.4 Å². The Balaban J connectivity index is 1.85. The highest BCUT2D eigenvalue weighted by atomic mass is 16.6. The second kappa shape index (κ2) is 5.46. The maximum atomic E-state index is 12.0. The Bertz CT molecular complexity index is 771. The van der Waals surface area contributed by atoms with Crippen LogP contribution in [0.2, 0.25) is 0 Å². The first kappa shape index (κ1) is 15.1. The Kier molecular flexibility index (Phi) is 3.60. The van der Waals surface area contributed by atoms with Gasteiger partial charge in [0.25, 0.3) is 5.91 Å². The lowest BCUT2D eigenvalue weighted by molar-refractivity contribution is -0.118. The number of hydrogen-bond donors (Lipinski definition) is 1. The molecule has 0 bridgehead atoms. The molecule has 1 N–H and O–H groups in total. The van der Waals surface area contributed by atoms with Gasteiger partial charge in [0.15, 0.2) is 6.61 Å². The Morgan fingerprint density at radius 3 is 2.78 bits per heavy atom. The van der Waals surface area contributed by atoms with E-state index in [1.165, 1.54) is 4.57 Å². The Labute approximate surface area is 134 Å². The quantitative estimate of drug-likeness (QED) is 0.877. The van der Waals surface area contributed by atoms with Crippen molar-refractivity contribution in [2.24, 2.45) is 0 Å². The molecule has 3 rings (SSSR count). The van der Waals surface area contributed by atoms with Gasteiger partial charge in [-0.2, -0.15) is 0 Å². The second-order valence-electron chi connectivity index (χ2n) is 6.34. The minimum Gasteiger partial charge on any atom is -0.482 e. The fraction of sp³-hybridized carbons (Fsp3) is 0.294. The van der Waals surface area contributed by atoms with Crippen molar-refractivity contribution in [3.63, 3.8) is 0 Å². The highest BCUT2D eigenvalue weighted by molar-refractivity contribution is 5.96. The van der Waals surface area contributed by atoms with Crippen LogP contribution in [0.15, 0.2) is 36.7 Å². The number of ether oxygens (including phenoxy) is 2. The lowest BCUT2D eigenvalue weighted by Crippen LogP contribution is -2.26. The van der Waals surface area contributed by atoms with Crippen molar-refractivity contribution >= 4 is 17.7 Å². The monoisotopic (exact) mass is 314 g/mol. The number of hydrogen-bond acceptors (Lipinski definition) is 4. The van der Waals surface area contributed by atoms with Crippen molar-refractivity contribution in [1.29, 1.82) is 0 Å². The standard InChI is InChI=1S/C17H18N2O4/c1-17(2,3)23-16(21)19-7-6-12(9-19)11-4-5-14-13(8-11)18-15(20)10-22-14/h4-9H,10H2,1-3H3,(H,18,20). The summed E-state index contributed by atoms with van der Waals surface area (Å²) in [6, 6.07) is 7.32. The molecule has 0 unspecified atom stereocenters. The molecule has 1 aliphatic heterocycles. The average molecular weight is 314 g/mol. The van der Waals surface area contributed by atoms with E-state index in [1.807, 2.05) is 39.0 Å². The van der Waals surface area contributed by atoms with Crippen LogP contribution in [0.5, 0.6) is 5.75 Å². The van der Waals surface area contributed by atoms with Crippen LogP contribution in [-0.2, 0) is 9.53 Å². The lowest BCUT2D eigenvalue weighted by Gasteiger charge is -2.19. The van der Waals surface area contributed by atoms with Gasteiger partial charge in [-0.05, 0) is 44.5 Å². The summed E-state index contributed by atoms with van der Waals surface area (Å²) in [5, 5.41) is 2.77. The first-order chi connectivity index (χ1) is 10.8. The maximum absolute atomic E-state index is 12.0. The molecule has 0 spiro atoms. The second-order valence-corrected chi connectivity index (χ2v) is 6.34. The van der Waals surface area contributed by atoms with Gasteiger partial charge in [0.2, 0.25) is 0 Å². The van der Waals surface area contributed by atoms with Gasteiger partial charge in [-0.1, -0.05) is 6.07 Å². The van der Waals surface area contributed by atoms with Crippen molar-refractivity contribution in [3.8, 4) is 16.9 Å². The summed E-state index contributed by atoms with van der Waals surface area (Å²) in [5.41, 5.74) is 1.80. The van der Waals surface area contributed by atoms with Gasteiger partial charge in [0.05, 0.1) is 5.69 Å². The van der Waals surface area contributed by atoms with E-state index in [-0.39, 0.29) is 12.5 Å². The summed E-state index contributed by atoms with van der Waals surface area (Å²) in [4.78, 5) is 23.4. The van der Waals surface area contributed by atoms with Crippen LogP contribution in [0.4, 0.5) is 10.5 Å². The molecule has 1 amide bonds. The number of amides is 1. The minimum atomic E-state index is -0.547. The van der Waals surface area contributed by atoms with E-state index in [9.17, 15) is 9.59 Å². The van der Waals surface area contributed by atoms with E-state index in [1.54, 1.807) is 18.5 Å². The smallest absolute Gasteiger partial charge is 0.418 e. The number of rotatable bonds is 1. The molecule has 0 aliphatic carbocycles. The van der Waals surface area contributed by atoms with E-state index in [4.69, 9.17) is 9.47 Å². The third kappa shape index (κ3) is 3.36. The van der Waals surface area contributed by atoms with Crippen molar-refractivity contribution in [2.45, 2.75) is 26.4 Å². The topological polar surface area (TPSA) is 69.6 Å². The molecule has 0 saturated heterocycles. The van der Waals surface area contributed by atoms with Crippen LogP contribution in [0, 0.1) is 0 Å². The molecule has 1 aliphatic rings. The SMILES string of the molecule is CC(C)(C)OC(=O)n1ccc(-c2ccc3c(c2)NC(=O)CO3)c1. The van der Waals surface area contributed by atoms with Crippen LogP contribution in [0.25, 0.3) is 11.1 Å². The van der Waals surface area contributed by atoms with E-state index >= 15 is 0 Å². The fourth-order valence-electron chi connectivity index (χ4n) is 2.26. The summed E-state index contributed by atoms with van der Waals surface area (Å²) in [5.74, 6) is 0.459. The summed E-state index contributed by atoms with van der Waals surface area (Å²) < 4.78 is 12.1. The minimum absolute atomic E-state index is 0.0291. The highest BCUT2D eigenvalue weighted by Gasteiger charge is 2.19. The number of aromatic nitrogens is 1. The summed E-state index contributed by atoms with van der Waals surface area (Å²) in [6.07, 6.45) is 2.91. The number of carbonyl (C=O) groups is 2. The van der Waals surface area contributed by atoms with Crippen molar-refractivity contribution in [3.05, 3.63) is 36.7 Å². The number of nitrogens with zero attached hydrogens (tertiary/aromatic N) is 1. The van der Waals surface area contributed by atoms with Crippen LogP contribution in [0.1, 0.15) is 20.8 Å². The molecule has 0 saturated carbocycles. The molecule has 23 heavy (non-hydrogen) atoms. The number of carbonyl (C=O) groups excluding carboxylic acids is 2. The molecular weight excluding hydrogens is 296 g/mol. The summed E-state index contributed by atoms with van der Waals surface area (Å²) >= 11 is 0. The Morgan fingerprint density at radius 1 is 1.26 bits per heavy atom. The van der Waals surface area contributed by atoms with Crippen LogP contribution < -0.4 is 10.1 Å². The van der Waals surface area contributed by atoms with Gasteiger partial charge >= 0.3 is 6.09 Å². The van der Waals surface area contributed by atoms with Gasteiger partial charge < -0.3 is 14.8 Å². The third-order valence-electron chi connectivity index (χ3n) is 3.24. The molecule has 0 fully saturated rings. The van der Waals surface area contributed by atoms with E-state index in [0.29, 0.717) is 11.4 Å². The maximum Gasteiger partial charge on any atom is 0.418 e. The predicted molar refractivity (Wildman–Crippen MR) is 85.6 cm³/mol. The summed E-state index contributed by atoms with van der Waals surface area (Å²) in [6.45, 7) is 5.49. The average Bonchev–Trinajstić information content (AvgIpc) is 2.94. The van der Waals surface area contributed by atoms with Gasteiger partial charge in [-0.3, -0.25) is 9.36 Å². The fourth-order valence-corrected chi connectivity index (χ4v) is 2.26. The molecule has 1 aromatic heterocycles. The van der Waals surface area contributed by atoms with Crippen LogP contribution >= 0.6 is 0 Å². The van der Waals surface area contributed by atoms with Crippen molar-refractivity contribution in [2.75, 3.05) is 11.9 Å². The zero-order chi connectivity index (χ0) is 16.6. The van der Waals surface area contributed by atoms with E-state index in [0.717, 1.165) is 11.1 Å². The first-order valence-corrected chi connectivity index (χ1v) is 7.30. The molecule has 0 radical (unpaired) electrons. The molecule has 6 nitrogen and oxygen atoms in total. The molecule has 0 atom stereocenters. The Morgan fingerprint density at radius 2 is 2.04 bits per heavy atom. The van der Waals surface area contributed by atoms with E-state index in [2.05, 4.69) is 5.32 Å². The largest absolute Gasteiger partial charge is 0.482 e. The third-order valence-corrected chi connectivity index (χ3v) is 3.24. The number of benzene rings is 1. The van der Waals surface area contributed by atoms with Crippen molar-refractivity contribution < 1.29 is 19.1 Å². The highest BCUT2D eigenvalue weighted by Crippen LogP contribution is 2.32. The molecule has 6 heteroatoms. The molecular formula is C17H18N2O4. The predicted octanol–water partition coefficient (Wildman–Crippen LogP) is 3.27. The van der Waals surface area contributed by atoms with Crippen molar-refractivity contribution in [1.82, 2.24) is 4.57 Å². The summed E-state index contributed by atoms with van der Waals surface area (Å²) in [7, 11) is 0. The zero-order valence-electron chi connectivity index (χ0n) is 13.3. The van der Waals surface area contributed by atoms with Crippen LogP contribution in [-0.4, -0.2) is 28.8 Å². The van der Waals surface area contributed by atoms with Gasteiger partial charge in [-0.15, -0.1) is 0 Å². The zero-order valence-corrected chi connectivity index (χ0v) is 13.3. The van der Waals surface area contributed by atoms with E-state index < -0.39 is 11.7 Å². The molecule has 120 valence electrons. The number of anilines is 1. The normalized spacial score (nSPS) is 13.8. The first-order valence-electron chi connectivity index (χ1n) is 7.30. The van der Waals surface area contributed by atoms with Crippen LogP contribution in [0.3, 0.4) is 0 Å². The molecule has 1 aromatic carbocycles.